The fourth-order valence-corrected chi connectivity index (χ4v) is 1.16. The van der Waals surface area contributed by atoms with Gasteiger partial charge in [0.1, 0.15) is 0 Å². The van der Waals surface area contributed by atoms with E-state index < -0.39 is 12.1 Å². The summed E-state index contributed by atoms with van der Waals surface area (Å²) < 4.78 is 0. The average molecular weight is 256 g/mol. The molecule has 0 radical (unpaired) electrons. The summed E-state index contributed by atoms with van der Waals surface area (Å²) in [4.78, 5) is 26.1. The number of carboxylic acid groups (broad SMARTS) is 1. The van der Waals surface area contributed by atoms with Crippen molar-refractivity contribution in [3.05, 3.63) is 17.4 Å². The highest BCUT2D eigenvalue weighted by Gasteiger charge is 2.18. The van der Waals surface area contributed by atoms with Crippen molar-refractivity contribution in [1.29, 1.82) is 0 Å². The van der Waals surface area contributed by atoms with Crippen LogP contribution in [0.2, 0.25) is 0 Å². The summed E-state index contributed by atoms with van der Waals surface area (Å²) in [7, 11) is 0. The molecule has 0 aliphatic heterocycles. The SMILES string of the molecule is CC(C)=C=CCCNC(=O)CCC(ON)C(=O)O. The second-order valence-electron chi connectivity index (χ2n) is 3.99. The van der Waals surface area contributed by atoms with Crippen molar-refractivity contribution in [2.45, 2.75) is 39.2 Å². The van der Waals surface area contributed by atoms with E-state index in [1.54, 1.807) is 0 Å². The zero-order chi connectivity index (χ0) is 14.0. The smallest absolute Gasteiger partial charge is 0.334 e. The van der Waals surface area contributed by atoms with Gasteiger partial charge in [-0.1, -0.05) is 0 Å². The predicted molar refractivity (Wildman–Crippen MR) is 66.5 cm³/mol. The fraction of sp³-hybridized carbons (Fsp3) is 0.583. The molecule has 1 unspecified atom stereocenters. The molecule has 0 bridgehead atoms. The van der Waals surface area contributed by atoms with Crippen molar-refractivity contribution in [3.63, 3.8) is 0 Å². The summed E-state index contributed by atoms with van der Waals surface area (Å²) in [6.45, 7) is 4.38. The van der Waals surface area contributed by atoms with Gasteiger partial charge in [0.2, 0.25) is 5.91 Å². The number of carboxylic acids is 1. The lowest BCUT2D eigenvalue weighted by Crippen LogP contribution is -2.30. The van der Waals surface area contributed by atoms with Gasteiger partial charge in [0, 0.05) is 13.0 Å². The third-order valence-corrected chi connectivity index (χ3v) is 2.07. The Hall–Kier alpha value is -1.62. The number of rotatable bonds is 8. The Morgan fingerprint density at radius 3 is 2.67 bits per heavy atom. The van der Waals surface area contributed by atoms with Crippen molar-refractivity contribution in [1.82, 2.24) is 5.32 Å². The molecule has 0 aromatic rings. The first kappa shape index (κ1) is 16.4. The predicted octanol–water partition coefficient (Wildman–Crippen LogP) is 0.738. The normalized spacial score (nSPS) is 11.3. The molecule has 0 saturated heterocycles. The second-order valence-corrected chi connectivity index (χ2v) is 3.99. The van der Waals surface area contributed by atoms with Crippen LogP contribution >= 0.6 is 0 Å². The molecule has 4 N–H and O–H groups in total. The number of hydrogen-bond acceptors (Lipinski definition) is 4. The molecule has 102 valence electrons. The number of amides is 1. The molecule has 0 aliphatic carbocycles. The number of aliphatic carboxylic acids is 1. The third kappa shape index (κ3) is 8.52. The van der Waals surface area contributed by atoms with Crippen molar-refractivity contribution in [2.24, 2.45) is 5.90 Å². The van der Waals surface area contributed by atoms with Gasteiger partial charge in [0.15, 0.2) is 6.10 Å². The molecule has 1 amide bonds. The minimum absolute atomic E-state index is 0.0570. The monoisotopic (exact) mass is 256 g/mol. The van der Waals surface area contributed by atoms with Crippen molar-refractivity contribution in [2.75, 3.05) is 6.54 Å². The van der Waals surface area contributed by atoms with Crippen LogP contribution in [0, 0.1) is 0 Å². The minimum Gasteiger partial charge on any atom is -0.479 e. The molecule has 0 aliphatic rings. The number of hydrogen-bond donors (Lipinski definition) is 3. The van der Waals surface area contributed by atoms with Gasteiger partial charge in [-0.25, -0.2) is 10.7 Å². The van der Waals surface area contributed by atoms with Crippen LogP contribution in [0.25, 0.3) is 0 Å². The summed E-state index contributed by atoms with van der Waals surface area (Å²) in [6.07, 6.45) is 1.52. The van der Waals surface area contributed by atoms with Gasteiger partial charge in [0.05, 0.1) is 0 Å². The summed E-state index contributed by atoms with van der Waals surface area (Å²) in [5.74, 6) is 3.41. The molecule has 0 heterocycles. The number of carbonyl (C=O) groups excluding carboxylic acids is 1. The topological polar surface area (TPSA) is 102 Å². The standard InChI is InChI=1S/C12H20N2O4/c1-9(2)5-3-4-8-14-11(15)7-6-10(18-13)12(16)17/h3,10H,4,6-8,13H2,1-2H3,(H,14,15)(H,16,17). The molecular weight excluding hydrogens is 236 g/mol. The Morgan fingerprint density at radius 2 is 2.17 bits per heavy atom. The highest BCUT2D eigenvalue weighted by Crippen LogP contribution is 2.00. The van der Waals surface area contributed by atoms with Crippen LogP contribution in [0.4, 0.5) is 0 Å². The highest BCUT2D eigenvalue weighted by atomic mass is 16.6. The van der Waals surface area contributed by atoms with E-state index >= 15 is 0 Å². The Kier molecular flexibility index (Phi) is 8.57. The van der Waals surface area contributed by atoms with E-state index in [9.17, 15) is 9.59 Å². The van der Waals surface area contributed by atoms with Crippen molar-refractivity contribution >= 4 is 11.9 Å². The molecule has 0 aromatic carbocycles. The van der Waals surface area contributed by atoms with E-state index in [1.165, 1.54) is 0 Å². The maximum absolute atomic E-state index is 11.3. The lowest BCUT2D eigenvalue weighted by molar-refractivity contribution is -0.151. The second kappa shape index (κ2) is 9.41. The zero-order valence-corrected chi connectivity index (χ0v) is 10.7. The van der Waals surface area contributed by atoms with Crippen LogP contribution < -0.4 is 11.2 Å². The van der Waals surface area contributed by atoms with E-state index in [-0.39, 0.29) is 18.7 Å². The first-order valence-corrected chi connectivity index (χ1v) is 5.70. The van der Waals surface area contributed by atoms with E-state index in [0.717, 1.165) is 5.57 Å². The molecule has 0 fully saturated rings. The largest absolute Gasteiger partial charge is 0.479 e. The Labute approximate surface area is 106 Å². The van der Waals surface area contributed by atoms with Crippen molar-refractivity contribution < 1.29 is 19.5 Å². The van der Waals surface area contributed by atoms with E-state index in [2.05, 4.69) is 15.9 Å². The van der Waals surface area contributed by atoms with E-state index in [0.29, 0.717) is 13.0 Å². The first-order chi connectivity index (χ1) is 8.47. The molecule has 6 nitrogen and oxygen atoms in total. The zero-order valence-electron chi connectivity index (χ0n) is 10.7. The fourth-order valence-electron chi connectivity index (χ4n) is 1.16. The summed E-state index contributed by atoms with van der Waals surface area (Å²) in [6, 6.07) is 0. The molecule has 6 heteroatoms. The Morgan fingerprint density at radius 1 is 1.50 bits per heavy atom. The van der Waals surface area contributed by atoms with E-state index in [4.69, 9.17) is 11.0 Å². The van der Waals surface area contributed by atoms with Gasteiger partial charge in [-0.15, -0.1) is 5.73 Å². The molecule has 0 rings (SSSR count). The molecule has 0 spiro atoms. The lowest BCUT2D eigenvalue weighted by Gasteiger charge is -2.08. The van der Waals surface area contributed by atoms with Gasteiger partial charge in [-0.3, -0.25) is 9.63 Å². The average Bonchev–Trinajstić information content (AvgIpc) is 2.28. The molecule has 1 atom stereocenters. The molecule has 0 saturated carbocycles. The number of nitrogens with two attached hydrogens (primary N) is 1. The Bertz CT molecular complexity index is 342. The quantitative estimate of drug-likeness (QED) is 0.338. The third-order valence-electron chi connectivity index (χ3n) is 2.07. The maximum Gasteiger partial charge on any atom is 0.334 e. The Balaban J connectivity index is 3.79. The van der Waals surface area contributed by atoms with Crippen LogP contribution in [-0.4, -0.2) is 29.6 Å². The van der Waals surface area contributed by atoms with Gasteiger partial charge in [0.25, 0.3) is 0 Å². The van der Waals surface area contributed by atoms with Crippen LogP contribution in [0.15, 0.2) is 17.4 Å². The van der Waals surface area contributed by atoms with Crippen molar-refractivity contribution in [3.8, 4) is 0 Å². The summed E-state index contributed by atoms with van der Waals surface area (Å²) >= 11 is 0. The molecule has 0 aromatic heterocycles. The number of carbonyl (C=O) groups is 2. The van der Waals surface area contributed by atoms with E-state index in [1.807, 2.05) is 19.9 Å². The minimum atomic E-state index is -1.17. The van der Waals surface area contributed by atoms with Gasteiger partial charge >= 0.3 is 5.97 Å². The molecule has 18 heavy (non-hydrogen) atoms. The van der Waals surface area contributed by atoms with Crippen LogP contribution in [0.5, 0.6) is 0 Å². The summed E-state index contributed by atoms with van der Waals surface area (Å²) in [5, 5.41) is 11.3. The van der Waals surface area contributed by atoms with Gasteiger partial charge in [-0.2, -0.15) is 0 Å². The van der Waals surface area contributed by atoms with Crippen LogP contribution in [-0.2, 0) is 14.4 Å². The van der Waals surface area contributed by atoms with Crippen LogP contribution in [0.3, 0.4) is 0 Å². The van der Waals surface area contributed by atoms with Gasteiger partial charge in [-0.05, 0) is 38.3 Å². The van der Waals surface area contributed by atoms with Crippen LogP contribution in [0.1, 0.15) is 33.1 Å². The maximum atomic E-state index is 11.3. The number of nitrogens with one attached hydrogen (secondary N) is 1. The van der Waals surface area contributed by atoms with Gasteiger partial charge < -0.3 is 10.4 Å². The lowest BCUT2D eigenvalue weighted by atomic mass is 10.2. The highest BCUT2D eigenvalue weighted by molar-refractivity contribution is 5.77. The summed E-state index contributed by atoms with van der Waals surface area (Å²) in [5.41, 5.74) is 4.09. The molecular formula is C12H20N2O4. The first-order valence-electron chi connectivity index (χ1n) is 5.70.